The summed E-state index contributed by atoms with van der Waals surface area (Å²) in [5.41, 5.74) is 2.62. The smallest absolute Gasteiger partial charge is 0.159 e. The van der Waals surface area contributed by atoms with E-state index in [1.807, 2.05) is 24.3 Å². The number of rotatable bonds is 4. The number of carbonyl (C=O) groups is 1. The Balaban J connectivity index is 1.66. The first-order valence-electron chi connectivity index (χ1n) is 7.71. The van der Waals surface area contributed by atoms with Crippen LogP contribution in [-0.4, -0.2) is 20.4 Å². The summed E-state index contributed by atoms with van der Waals surface area (Å²) in [5.74, 6) is 1.09. The highest BCUT2D eigenvalue weighted by molar-refractivity contribution is 5.83. The second kappa shape index (κ2) is 5.40. The van der Waals surface area contributed by atoms with Crippen molar-refractivity contribution in [3.8, 4) is 11.3 Å². The minimum absolute atomic E-state index is 0.208. The van der Waals surface area contributed by atoms with Crippen molar-refractivity contribution in [2.75, 3.05) is 0 Å². The molecule has 0 N–H and O–H groups in total. The number of hydrogen-bond donors (Lipinski definition) is 0. The van der Waals surface area contributed by atoms with Crippen LogP contribution in [0.25, 0.3) is 16.9 Å². The minimum Gasteiger partial charge on any atom is -0.472 e. The van der Waals surface area contributed by atoms with E-state index in [-0.39, 0.29) is 11.7 Å². The van der Waals surface area contributed by atoms with E-state index in [9.17, 15) is 4.79 Å². The number of Topliss-reactive ketones (excluding diaryl/α,β-unsaturated/α-hetero) is 1. The summed E-state index contributed by atoms with van der Waals surface area (Å²) >= 11 is 0. The minimum atomic E-state index is 0.208. The van der Waals surface area contributed by atoms with E-state index in [1.54, 1.807) is 17.0 Å². The lowest BCUT2D eigenvalue weighted by molar-refractivity contribution is -0.122. The number of furan rings is 1. The number of fused-ring (bicyclic) bond motifs is 1. The molecular weight excluding hydrogens is 278 g/mol. The third-order valence-corrected chi connectivity index (χ3v) is 4.36. The highest BCUT2D eigenvalue weighted by Gasteiger charge is 2.24. The molecule has 0 aliphatic heterocycles. The van der Waals surface area contributed by atoms with Gasteiger partial charge in [0.05, 0.1) is 24.6 Å². The third-order valence-electron chi connectivity index (χ3n) is 4.36. The van der Waals surface area contributed by atoms with Gasteiger partial charge in [-0.25, -0.2) is 9.50 Å². The molecule has 1 saturated carbocycles. The van der Waals surface area contributed by atoms with Crippen molar-refractivity contribution in [1.29, 1.82) is 0 Å². The standard InChI is InChI=1S/C17H17N3O2/c21-15(12-4-1-2-5-12)10-16-18-17-7-3-6-14(20(17)19-16)13-8-9-22-11-13/h3,6-9,11-12H,1-2,4-5,10H2. The summed E-state index contributed by atoms with van der Waals surface area (Å²) in [7, 11) is 0. The van der Waals surface area contributed by atoms with Crippen molar-refractivity contribution in [1.82, 2.24) is 14.6 Å². The van der Waals surface area contributed by atoms with Gasteiger partial charge in [-0.15, -0.1) is 0 Å². The zero-order valence-electron chi connectivity index (χ0n) is 12.2. The molecule has 1 fully saturated rings. The Kier molecular flexibility index (Phi) is 3.25. The van der Waals surface area contributed by atoms with Gasteiger partial charge in [-0.1, -0.05) is 18.9 Å². The van der Waals surface area contributed by atoms with E-state index >= 15 is 0 Å². The molecule has 0 amide bonds. The Hall–Kier alpha value is -2.43. The maximum Gasteiger partial charge on any atom is 0.159 e. The Morgan fingerprint density at radius 1 is 1.27 bits per heavy atom. The first-order chi connectivity index (χ1) is 10.8. The fourth-order valence-corrected chi connectivity index (χ4v) is 3.20. The maximum atomic E-state index is 12.3. The fourth-order valence-electron chi connectivity index (χ4n) is 3.20. The van der Waals surface area contributed by atoms with Crippen LogP contribution in [0.2, 0.25) is 0 Å². The van der Waals surface area contributed by atoms with Gasteiger partial charge in [0.2, 0.25) is 0 Å². The summed E-state index contributed by atoms with van der Waals surface area (Å²) in [6, 6.07) is 7.70. The zero-order valence-corrected chi connectivity index (χ0v) is 12.2. The molecule has 0 spiro atoms. The van der Waals surface area contributed by atoms with Gasteiger partial charge in [0.1, 0.15) is 5.78 Å². The van der Waals surface area contributed by atoms with E-state index < -0.39 is 0 Å². The Bertz CT molecular complexity index is 799. The number of nitrogens with zero attached hydrogens (tertiary/aromatic N) is 3. The molecule has 4 rings (SSSR count). The van der Waals surface area contributed by atoms with Gasteiger partial charge in [-0.05, 0) is 31.0 Å². The van der Waals surface area contributed by atoms with E-state index in [1.165, 1.54) is 12.8 Å². The van der Waals surface area contributed by atoms with Crippen LogP contribution >= 0.6 is 0 Å². The number of hydrogen-bond acceptors (Lipinski definition) is 4. The molecule has 0 aromatic carbocycles. The Morgan fingerprint density at radius 2 is 2.14 bits per heavy atom. The van der Waals surface area contributed by atoms with Gasteiger partial charge < -0.3 is 4.42 Å². The highest BCUT2D eigenvalue weighted by atomic mass is 16.3. The van der Waals surface area contributed by atoms with Crippen LogP contribution in [0.5, 0.6) is 0 Å². The Morgan fingerprint density at radius 3 is 2.91 bits per heavy atom. The molecule has 0 bridgehead atoms. The van der Waals surface area contributed by atoms with Gasteiger partial charge >= 0.3 is 0 Å². The van der Waals surface area contributed by atoms with Crippen molar-refractivity contribution >= 4 is 11.4 Å². The highest BCUT2D eigenvalue weighted by Crippen LogP contribution is 2.26. The summed E-state index contributed by atoms with van der Waals surface area (Å²) < 4.78 is 6.92. The number of pyridine rings is 1. The normalized spacial score (nSPS) is 15.6. The zero-order chi connectivity index (χ0) is 14.9. The molecule has 0 radical (unpaired) electrons. The molecule has 0 atom stereocenters. The first-order valence-corrected chi connectivity index (χ1v) is 7.71. The number of aromatic nitrogens is 3. The van der Waals surface area contributed by atoms with Crippen LogP contribution in [0.15, 0.2) is 41.2 Å². The van der Waals surface area contributed by atoms with Crippen molar-refractivity contribution < 1.29 is 9.21 Å². The lowest BCUT2D eigenvalue weighted by Gasteiger charge is -2.04. The molecule has 0 unspecified atom stereocenters. The molecule has 22 heavy (non-hydrogen) atoms. The average Bonchev–Trinajstić information content (AvgIpc) is 3.26. The molecular formula is C17H17N3O2. The lowest BCUT2D eigenvalue weighted by Crippen LogP contribution is -2.14. The topological polar surface area (TPSA) is 60.4 Å². The molecule has 5 nitrogen and oxygen atoms in total. The summed E-state index contributed by atoms with van der Waals surface area (Å²) in [6.45, 7) is 0. The molecule has 3 aromatic heterocycles. The lowest BCUT2D eigenvalue weighted by atomic mass is 10.0. The SMILES string of the molecule is O=C(Cc1nc2cccc(-c3ccoc3)n2n1)C1CCCC1. The molecule has 5 heteroatoms. The molecule has 112 valence electrons. The summed E-state index contributed by atoms with van der Waals surface area (Å²) in [6.07, 6.45) is 8.02. The second-order valence-electron chi connectivity index (χ2n) is 5.85. The first kappa shape index (κ1) is 13.2. The molecule has 0 saturated heterocycles. The third kappa shape index (κ3) is 2.32. The van der Waals surface area contributed by atoms with Crippen molar-refractivity contribution in [2.24, 2.45) is 5.92 Å². The van der Waals surface area contributed by atoms with Crippen LogP contribution in [0, 0.1) is 5.92 Å². The monoisotopic (exact) mass is 295 g/mol. The van der Waals surface area contributed by atoms with E-state index in [0.29, 0.717) is 12.2 Å². The van der Waals surface area contributed by atoms with Crippen LogP contribution in [0.1, 0.15) is 31.5 Å². The summed E-state index contributed by atoms with van der Waals surface area (Å²) in [5, 5.41) is 4.52. The van der Waals surface area contributed by atoms with Gasteiger partial charge in [-0.3, -0.25) is 4.79 Å². The molecule has 3 aromatic rings. The van der Waals surface area contributed by atoms with E-state index in [0.717, 1.165) is 29.7 Å². The molecule has 1 aliphatic carbocycles. The second-order valence-corrected chi connectivity index (χ2v) is 5.85. The van der Waals surface area contributed by atoms with Crippen LogP contribution in [0.3, 0.4) is 0 Å². The number of carbonyl (C=O) groups excluding carboxylic acids is 1. The van der Waals surface area contributed by atoms with E-state index in [2.05, 4.69) is 10.1 Å². The van der Waals surface area contributed by atoms with Gasteiger partial charge in [-0.2, -0.15) is 5.10 Å². The van der Waals surface area contributed by atoms with Crippen molar-refractivity contribution in [3.05, 3.63) is 42.6 Å². The number of ketones is 1. The average molecular weight is 295 g/mol. The van der Waals surface area contributed by atoms with Crippen LogP contribution in [-0.2, 0) is 11.2 Å². The van der Waals surface area contributed by atoms with Gasteiger partial charge in [0.25, 0.3) is 0 Å². The van der Waals surface area contributed by atoms with Crippen LogP contribution < -0.4 is 0 Å². The fraction of sp³-hybridized carbons (Fsp3) is 0.353. The Labute approximate surface area is 128 Å². The molecule has 3 heterocycles. The predicted octanol–water partition coefficient (Wildman–Crippen LogP) is 3.29. The van der Waals surface area contributed by atoms with E-state index in [4.69, 9.17) is 4.42 Å². The van der Waals surface area contributed by atoms with Gasteiger partial charge in [0, 0.05) is 11.5 Å². The van der Waals surface area contributed by atoms with Crippen molar-refractivity contribution in [2.45, 2.75) is 32.1 Å². The maximum absolute atomic E-state index is 12.3. The van der Waals surface area contributed by atoms with Crippen LogP contribution in [0.4, 0.5) is 0 Å². The van der Waals surface area contributed by atoms with Crippen molar-refractivity contribution in [3.63, 3.8) is 0 Å². The summed E-state index contributed by atoms with van der Waals surface area (Å²) in [4.78, 5) is 16.8. The molecule has 1 aliphatic rings. The van der Waals surface area contributed by atoms with Gasteiger partial charge in [0.15, 0.2) is 11.5 Å². The largest absolute Gasteiger partial charge is 0.472 e. The predicted molar refractivity (Wildman–Crippen MR) is 81.4 cm³/mol. The quantitative estimate of drug-likeness (QED) is 0.741.